The number of halogens is 1. The zero-order valence-electron chi connectivity index (χ0n) is 21.4. The summed E-state index contributed by atoms with van der Waals surface area (Å²) in [6, 6.07) is 5.75. The summed E-state index contributed by atoms with van der Waals surface area (Å²) in [7, 11) is -2.41. The zero-order chi connectivity index (χ0) is 28.0. The van der Waals surface area contributed by atoms with E-state index in [2.05, 4.69) is 10.4 Å². The number of nitriles is 1. The minimum absolute atomic E-state index is 0.0112. The van der Waals surface area contributed by atoms with Crippen molar-refractivity contribution in [3.05, 3.63) is 52.1 Å². The Bertz CT molecular complexity index is 1440. The van der Waals surface area contributed by atoms with Crippen molar-refractivity contribution in [3.63, 3.8) is 0 Å². The van der Waals surface area contributed by atoms with Gasteiger partial charge < -0.3 is 20.4 Å². The van der Waals surface area contributed by atoms with Crippen LogP contribution in [0.2, 0.25) is 0 Å². The van der Waals surface area contributed by atoms with Crippen molar-refractivity contribution in [3.8, 4) is 6.07 Å². The lowest BCUT2D eigenvalue weighted by molar-refractivity contribution is 0.0673. The summed E-state index contributed by atoms with van der Waals surface area (Å²) in [4.78, 5) is 27.7. The smallest absolute Gasteiger partial charge is 0.272 e. The van der Waals surface area contributed by atoms with Crippen LogP contribution < -0.4 is 5.32 Å². The fourth-order valence-electron chi connectivity index (χ4n) is 4.88. The maximum Gasteiger partial charge on any atom is 0.272 e. The van der Waals surface area contributed by atoms with Crippen molar-refractivity contribution in [2.75, 3.05) is 19.7 Å². The van der Waals surface area contributed by atoms with Crippen LogP contribution in [0.5, 0.6) is 0 Å². The Morgan fingerprint density at radius 3 is 2.63 bits per heavy atom. The molecule has 204 valence electrons. The second kappa shape index (κ2) is 9.76. The first kappa shape index (κ1) is 27.7. The van der Waals surface area contributed by atoms with Gasteiger partial charge in [0.25, 0.3) is 11.8 Å². The van der Waals surface area contributed by atoms with Crippen molar-refractivity contribution in [2.24, 2.45) is 7.05 Å². The van der Waals surface area contributed by atoms with Gasteiger partial charge in [0.05, 0.1) is 27.8 Å². The number of rotatable bonds is 9. The number of aryl methyl sites for hydroxylation is 1. The van der Waals surface area contributed by atoms with Gasteiger partial charge in [-0.15, -0.1) is 0 Å². The Morgan fingerprint density at radius 1 is 1.37 bits per heavy atom. The molecule has 1 fully saturated rings. The molecule has 0 spiro atoms. The molecule has 1 saturated carbocycles. The summed E-state index contributed by atoms with van der Waals surface area (Å²) >= 11 is 0. The Labute approximate surface area is 219 Å². The number of nitrogens with zero attached hydrogens (tertiary/aromatic N) is 4. The molecule has 0 bridgehead atoms. The summed E-state index contributed by atoms with van der Waals surface area (Å²) < 4.78 is 39.3. The number of aliphatic hydroxyl groups is 2. The molecule has 1 aliphatic heterocycles. The maximum absolute atomic E-state index is 13.9. The zero-order valence-corrected chi connectivity index (χ0v) is 22.2. The van der Waals surface area contributed by atoms with Gasteiger partial charge in [-0.25, -0.2) is 12.8 Å². The molecule has 0 unspecified atom stereocenters. The molecule has 13 heteroatoms. The topological polar surface area (TPSA) is 166 Å². The monoisotopic (exact) mass is 547 g/mol. The number of hydrogen-bond acceptors (Lipinski definition) is 8. The standard InChI is InChI=1S/C25H30FN5O6S/c1-24(2,19(33)13-32)38(36,37)25(7-8-25)14-31-9-6-17-20(29-30(3)21(17)23(31)35)22(34)28-12-15-4-5-16(11-27)18(26)10-15/h4-5,10,19,32-33H,6-9,12-14H2,1-3H3,(H,28,34)/t19-/m0/s1. The molecule has 0 radical (unpaired) electrons. The molecular weight excluding hydrogens is 517 g/mol. The molecule has 1 aromatic heterocycles. The van der Waals surface area contributed by atoms with Gasteiger partial charge in [-0.3, -0.25) is 14.3 Å². The highest BCUT2D eigenvalue weighted by Gasteiger charge is 2.62. The molecule has 1 atom stereocenters. The Morgan fingerprint density at radius 2 is 2.05 bits per heavy atom. The van der Waals surface area contributed by atoms with E-state index in [-0.39, 0.29) is 43.0 Å². The highest BCUT2D eigenvalue weighted by molar-refractivity contribution is 7.94. The molecule has 1 aliphatic carbocycles. The molecule has 0 saturated heterocycles. The summed E-state index contributed by atoms with van der Waals surface area (Å²) in [5.41, 5.74) is 1.04. The highest BCUT2D eigenvalue weighted by Crippen LogP contribution is 2.50. The average molecular weight is 548 g/mol. The third-order valence-electron chi connectivity index (χ3n) is 7.61. The first-order valence-electron chi connectivity index (χ1n) is 12.1. The molecule has 4 rings (SSSR count). The lowest BCUT2D eigenvalue weighted by Crippen LogP contribution is -2.55. The highest BCUT2D eigenvalue weighted by atomic mass is 32.2. The SMILES string of the molecule is Cn1nc(C(=O)NCc2ccc(C#N)c(F)c2)c2c1C(=O)N(CC1(S(=O)(=O)C(C)(C)[C@@H](O)CO)CC1)CC2. The molecule has 2 heterocycles. The van der Waals surface area contributed by atoms with E-state index in [0.29, 0.717) is 24.0 Å². The van der Waals surface area contributed by atoms with E-state index in [1.807, 2.05) is 0 Å². The van der Waals surface area contributed by atoms with Crippen molar-refractivity contribution < 1.29 is 32.6 Å². The van der Waals surface area contributed by atoms with Crippen LogP contribution in [-0.4, -0.2) is 80.4 Å². The quantitative estimate of drug-likeness (QED) is 0.407. The Hall–Kier alpha value is -3.34. The van der Waals surface area contributed by atoms with Gasteiger partial charge in [-0.2, -0.15) is 10.4 Å². The fourth-order valence-corrected chi connectivity index (χ4v) is 7.40. The van der Waals surface area contributed by atoms with Gasteiger partial charge in [0.2, 0.25) is 0 Å². The first-order valence-corrected chi connectivity index (χ1v) is 13.6. The van der Waals surface area contributed by atoms with Crippen LogP contribution >= 0.6 is 0 Å². The largest absolute Gasteiger partial charge is 0.394 e. The normalized spacial score (nSPS) is 17.5. The Kier molecular flexibility index (Phi) is 7.11. The molecule has 11 nitrogen and oxygen atoms in total. The van der Waals surface area contributed by atoms with Gasteiger partial charge >= 0.3 is 0 Å². The van der Waals surface area contributed by atoms with Crippen molar-refractivity contribution in [2.45, 2.75) is 55.3 Å². The number of aliphatic hydroxyl groups excluding tert-OH is 2. The van der Waals surface area contributed by atoms with Crippen LogP contribution in [0.25, 0.3) is 0 Å². The van der Waals surface area contributed by atoms with E-state index >= 15 is 0 Å². The lowest BCUT2D eigenvalue weighted by Gasteiger charge is -2.36. The van der Waals surface area contributed by atoms with Crippen LogP contribution in [0, 0.1) is 17.1 Å². The number of carbonyl (C=O) groups is 2. The van der Waals surface area contributed by atoms with Gasteiger partial charge in [0, 0.05) is 32.2 Å². The molecule has 2 aromatic rings. The molecule has 3 N–H and O–H groups in total. The van der Waals surface area contributed by atoms with Crippen LogP contribution in [-0.2, 0) is 29.9 Å². The molecular formula is C25H30FN5O6S. The number of fused-ring (bicyclic) bond motifs is 1. The van der Waals surface area contributed by atoms with E-state index < -0.39 is 49.7 Å². The summed E-state index contributed by atoms with van der Waals surface area (Å²) in [5.74, 6) is -1.69. The van der Waals surface area contributed by atoms with Gasteiger partial charge in [0.1, 0.15) is 17.6 Å². The van der Waals surface area contributed by atoms with Crippen LogP contribution in [0.1, 0.15) is 64.4 Å². The Balaban J connectivity index is 1.50. The van der Waals surface area contributed by atoms with Crippen molar-refractivity contribution >= 4 is 21.7 Å². The predicted octanol–water partition coefficient (Wildman–Crippen LogP) is 0.438. The second-order valence-electron chi connectivity index (χ2n) is 10.4. The third kappa shape index (κ3) is 4.46. The molecule has 38 heavy (non-hydrogen) atoms. The number of carbonyl (C=O) groups excluding carboxylic acids is 2. The summed E-state index contributed by atoms with van der Waals surface area (Å²) in [6.45, 7) is 2.15. The number of benzene rings is 1. The van der Waals surface area contributed by atoms with Crippen molar-refractivity contribution in [1.29, 1.82) is 5.26 Å². The number of aromatic nitrogens is 2. The molecule has 2 aliphatic rings. The average Bonchev–Trinajstić information content (AvgIpc) is 3.59. The summed E-state index contributed by atoms with van der Waals surface area (Å²) in [5, 5.41) is 35.3. The molecule has 2 amide bonds. The maximum atomic E-state index is 13.9. The van der Waals surface area contributed by atoms with Crippen LogP contribution in [0.4, 0.5) is 4.39 Å². The van der Waals surface area contributed by atoms with E-state index in [1.54, 1.807) is 6.07 Å². The summed E-state index contributed by atoms with van der Waals surface area (Å²) in [6.07, 6.45) is -0.514. The predicted molar refractivity (Wildman–Crippen MR) is 133 cm³/mol. The number of amides is 2. The van der Waals surface area contributed by atoms with Crippen LogP contribution in [0.15, 0.2) is 18.2 Å². The fraction of sp³-hybridized carbons (Fsp3) is 0.520. The number of nitrogens with one attached hydrogen (secondary N) is 1. The van der Waals surface area contributed by atoms with E-state index in [0.717, 1.165) is 6.07 Å². The minimum Gasteiger partial charge on any atom is -0.394 e. The number of hydrogen-bond donors (Lipinski definition) is 3. The van der Waals surface area contributed by atoms with E-state index in [1.165, 1.54) is 42.6 Å². The second-order valence-corrected chi connectivity index (χ2v) is 13.3. The third-order valence-corrected chi connectivity index (χ3v) is 10.9. The lowest BCUT2D eigenvalue weighted by atomic mass is 10.0. The number of sulfone groups is 1. The molecule has 1 aromatic carbocycles. The van der Waals surface area contributed by atoms with Crippen molar-refractivity contribution in [1.82, 2.24) is 20.0 Å². The van der Waals surface area contributed by atoms with Gasteiger partial charge in [0.15, 0.2) is 15.5 Å². The first-order chi connectivity index (χ1) is 17.8. The van der Waals surface area contributed by atoms with Gasteiger partial charge in [-0.1, -0.05) is 6.07 Å². The van der Waals surface area contributed by atoms with Gasteiger partial charge in [-0.05, 0) is 50.8 Å². The van der Waals surface area contributed by atoms with E-state index in [4.69, 9.17) is 5.26 Å². The minimum atomic E-state index is -3.93. The van der Waals surface area contributed by atoms with Crippen LogP contribution in [0.3, 0.4) is 0 Å². The van der Waals surface area contributed by atoms with E-state index in [9.17, 15) is 32.6 Å².